The van der Waals surface area contributed by atoms with Gasteiger partial charge in [0.15, 0.2) is 5.82 Å². The molecule has 1 atom stereocenters. The van der Waals surface area contributed by atoms with Crippen LogP contribution in [0.25, 0.3) is 0 Å². The van der Waals surface area contributed by atoms with Gasteiger partial charge in [-0.15, -0.1) is 5.10 Å². The van der Waals surface area contributed by atoms with E-state index in [1.54, 1.807) is 19.2 Å². The van der Waals surface area contributed by atoms with Crippen molar-refractivity contribution in [2.24, 2.45) is 0 Å². The molecule has 1 saturated heterocycles. The first-order valence-corrected chi connectivity index (χ1v) is 10.9. The molecule has 0 amide bonds. The van der Waals surface area contributed by atoms with Crippen molar-refractivity contribution in [1.82, 2.24) is 25.1 Å². The number of methoxy groups -OCH3 is 1. The Labute approximate surface area is 192 Å². The summed E-state index contributed by atoms with van der Waals surface area (Å²) in [5, 5.41) is 23.7. The first-order valence-electron chi connectivity index (χ1n) is 10.9. The number of benzene rings is 2. The third-order valence-corrected chi connectivity index (χ3v) is 5.91. The van der Waals surface area contributed by atoms with Crippen LogP contribution in [0.4, 0.5) is 11.4 Å². The third-order valence-electron chi connectivity index (χ3n) is 5.91. The number of rotatable bonds is 6. The van der Waals surface area contributed by atoms with E-state index in [0.29, 0.717) is 0 Å². The topological polar surface area (TPSA) is 102 Å². The van der Waals surface area contributed by atoms with Gasteiger partial charge in [0.1, 0.15) is 11.8 Å². The first kappa shape index (κ1) is 22.7. The van der Waals surface area contributed by atoms with Gasteiger partial charge in [-0.2, -0.15) is 0 Å². The van der Waals surface area contributed by atoms with Gasteiger partial charge in [0, 0.05) is 49.6 Å². The zero-order valence-electron chi connectivity index (χ0n) is 19.4. The molecule has 2 aromatic carbocycles. The molecule has 4 rings (SSSR count). The zero-order chi connectivity index (χ0) is 23.6. The molecular weight excluding hydrogens is 422 g/mol. The van der Waals surface area contributed by atoms with Gasteiger partial charge in [0.05, 0.1) is 17.6 Å². The summed E-state index contributed by atoms with van der Waals surface area (Å²) in [5.41, 5.74) is 1.82. The van der Waals surface area contributed by atoms with E-state index in [1.165, 1.54) is 0 Å². The van der Waals surface area contributed by atoms with Crippen LogP contribution in [0.3, 0.4) is 0 Å². The molecule has 0 N–H and O–H groups in total. The molecule has 10 heteroatoms. The van der Waals surface area contributed by atoms with E-state index in [2.05, 4.69) is 52.2 Å². The van der Waals surface area contributed by atoms with E-state index in [9.17, 15) is 10.1 Å². The summed E-state index contributed by atoms with van der Waals surface area (Å²) >= 11 is 0. The van der Waals surface area contributed by atoms with Crippen molar-refractivity contribution >= 4 is 11.4 Å². The highest BCUT2D eigenvalue weighted by molar-refractivity contribution is 5.51. The minimum absolute atomic E-state index is 0.0997. The molecule has 0 bridgehead atoms. The van der Waals surface area contributed by atoms with E-state index >= 15 is 0 Å². The molecule has 0 saturated carbocycles. The summed E-state index contributed by atoms with van der Waals surface area (Å²) in [6, 6.07) is 14.5. The Bertz CT molecular complexity index is 1100. The summed E-state index contributed by atoms with van der Waals surface area (Å²) in [6.07, 6.45) is 0. The molecule has 0 aliphatic carbocycles. The Balaban J connectivity index is 1.63. The van der Waals surface area contributed by atoms with Gasteiger partial charge in [-0.3, -0.25) is 15.0 Å². The molecule has 1 unspecified atom stereocenters. The average Bonchev–Trinajstić information content (AvgIpc) is 3.30. The molecular formula is C23H29N7O3. The van der Waals surface area contributed by atoms with Crippen molar-refractivity contribution in [3.05, 3.63) is 70.0 Å². The number of nitro benzene ring substituents is 1. The van der Waals surface area contributed by atoms with E-state index in [1.807, 2.05) is 35.0 Å². The number of non-ortho nitro benzene ring substituents is 1. The molecule has 10 nitrogen and oxygen atoms in total. The van der Waals surface area contributed by atoms with Crippen LogP contribution in [0.2, 0.25) is 0 Å². The Morgan fingerprint density at radius 3 is 2.30 bits per heavy atom. The Morgan fingerprint density at radius 2 is 1.70 bits per heavy atom. The van der Waals surface area contributed by atoms with Crippen LogP contribution in [-0.2, 0) is 5.54 Å². The van der Waals surface area contributed by atoms with Crippen molar-refractivity contribution in [3.63, 3.8) is 0 Å². The van der Waals surface area contributed by atoms with Crippen LogP contribution in [-0.4, -0.2) is 63.3 Å². The fourth-order valence-corrected chi connectivity index (χ4v) is 4.26. The maximum Gasteiger partial charge on any atom is 0.269 e. The van der Waals surface area contributed by atoms with E-state index < -0.39 is 0 Å². The lowest BCUT2D eigenvalue weighted by atomic mass is 10.0. The summed E-state index contributed by atoms with van der Waals surface area (Å²) < 4.78 is 7.57. The normalized spacial score (nSPS) is 15.9. The monoisotopic (exact) mass is 451 g/mol. The number of nitrogens with zero attached hydrogens (tertiary/aromatic N) is 7. The van der Waals surface area contributed by atoms with Gasteiger partial charge in [-0.05, 0) is 49.4 Å². The largest absolute Gasteiger partial charge is 0.496 e. The van der Waals surface area contributed by atoms with Crippen molar-refractivity contribution in [2.45, 2.75) is 32.4 Å². The zero-order valence-corrected chi connectivity index (χ0v) is 19.4. The molecule has 174 valence electrons. The SMILES string of the molecule is COc1ccccc1C(c1nnnn1C(C)(C)C)N1CCN(c2ccc([N+](=O)[O-])cc2)CC1. The second-order valence-electron chi connectivity index (χ2n) is 9.06. The number of nitro groups is 1. The van der Waals surface area contributed by atoms with Gasteiger partial charge in [0.2, 0.25) is 0 Å². The van der Waals surface area contributed by atoms with Crippen LogP contribution in [0.5, 0.6) is 5.75 Å². The highest BCUT2D eigenvalue weighted by atomic mass is 16.6. The number of tetrazole rings is 1. The van der Waals surface area contributed by atoms with Crippen LogP contribution in [0, 0.1) is 10.1 Å². The fraction of sp³-hybridized carbons (Fsp3) is 0.435. The minimum atomic E-state index is -0.376. The number of hydrogen-bond donors (Lipinski definition) is 0. The molecule has 33 heavy (non-hydrogen) atoms. The van der Waals surface area contributed by atoms with Crippen LogP contribution in [0.1, 0.15) is 38.2 Å². The van der Waals surface area contributed by atoms with E-state index in [4.69, 9.17) is 4.74 Å². The second-order valence-corrected chi connectivity index (χ2v) is 9.06. The number of aromatic nitrogens is 4. The van der Waals surface area contributed by atoms with Gasteiger partial charge >= 0.3 is 0 Å². The average molecular weight is 452 g/mol. The Kier molecular flexibility index (Phi) is 6.28. The van der Waals surface area contributed by atoms with Crippen molar-refractivity contribution < 1.29 is 9.66 Å². The summed E-state index contributed by atoms with van der Waals surface area (Å²) in [6.45, 7) is 9.35. The molecule has 1 fully saturated rings. The van der Waals surface area contributed by atoms with Crippen LogP contribution in [0.15, 0.2) is 48.5 Å². The molecule has 0 spiro atoms. The summed E-state index contributed by atoms with van der Waals surface area (Å²) in [7, 11) is 1.68. The lowest BCUT2D eigenvalue weighted by Gasteiger charge is -2.40. The highest BCUT2D eigenvalue weighted by Gasteiger charge is 2.34. The lowest BCUT2D eigenvalue weighted by Crippen LogP contribution is -2.48. The van der Waals surface area contributed by atoms with E-state index in [-0.39, 0.29) is 22.2 Å². The molecule has 1 aliphatic rings. The van der Waals surface area contributed by atoms with Crippen molar-refractivity contribution in [2.75, 3.05) is 38.2 Å². The number of para-hydroxylation sites is 1. The maximum absolute atomic E-state index is 11.0. The fourth-order valence-electron chi connectivity index (χ4n) is 4.26. The van der Waals surface area contributed by atoms with Gasteiger partial charge in [0.25, 0.3) is 5.69 Å². The van der Waals surface area contributed by atoms with Gasteiger partial charge < -0.3 is 9.64 Å². The smallest absolute Gasteiger partial charge is 0.269 e. The Morgan fingerprint density at radius 1 is 1.03 bits per heavy atom. The predicted octanol–water partition coefficient (Wildman–Crippen LogP) is 3.26. The highest BCUT2D eigenvalue weighted by Crippen LogP contribution is 2.36. The lowest BCUT2D eigenvalue weighted by molar-refractivity contribution is -0.384. The number of piperazine rings is 1. The quantitative estimate of drug-likeness (QED) is 0.416. The number of hydrogen-bond acceptors (Lipinski definition) is 8. The van der Waals surface area contributed by atoms with Crippen LogP contribution < -0.4 is 9.64 Å². The standard InChI is InChI=1S/C23H29N7O3/c1-23(2,3)29-22(24-25-26-29)21(19-7-5-6-8-20(19)33-4)28-15-13-27(14-16-28)17-9-11-18(12-10-17)30(31)32/h5-12,21H,13-16H2,1-4H3. The first-order chi connectivity index (χ1) is 15.8. The summed E-state index contributed by atoms with van der Waals surface area (Å²) in [4.78, 5) is 15.2. The molecule has 3 aromatic rings. The van der Waals surface area contributed by atoms with Crippen LogP contribution >= 0.6 is 0 Å². The third kappa shape index (κ3) is 4.65. The van der Waals surface area contributed by atoms with Crippen molar-refractivity contribution in [3.8, 4) is 5.75 Å². The molecule has 1 aliphatic heterocycles. The molecule has 1 aromatic heterocycles. The minimum Gasteiger partial charge on any atom is -0.496 e. The molecule has 0 radical (unpaired) electrons. The van der Waals surface area contributed by atoms with Crippen molar-refractivity contribution in [1.29, 1.82) is 0 Å². The van der Waals surface area contributed by atoms with Gasteiger partial charge in [-0.25, -0.2) is 4.68 Å². The molecule has 2 heterocycles. The predicted molar refractivity (Wildman–Crippen MR) is 125 cm³/mol. The van der Waals surface area contributed by atoms with E-state index in [0.717, 1.165) is 49.0 Å². The second kappa shape index (κ2) is 9.14. The number of anilines is 1. The number of ether oxygens (including phenoxy) is 1. The Hall–Kier alpha value is -3.53. The summed E-state index contributed by atoms with van der Waals surface area (Å²) in [5.74, 6) is 1.57. The maximum atomic E-state index is 11.0. The van der Waals surface area contributed by atoms with Gasteiger partial charge in [-0.1, -0.05) is 18.2 Å².